The number of halogens is 1. The molecule has 0 amide bonds. The number of β-amino-alcohol motifs (C(OH)–C–C–N with tert-alkyl or cyclic N) is 1. The highest BCUT2D eigenvalue weighted by molar-refractivity contribution is 5.22. The van der Waals surface area contributed by atoms with E-state index in [0.29, 0.717) is 18.7 Å². The van der Waals surface area contributed by atoms with E-state index >= 15 is 0 Å². The van der Waals surface area contributed by atoms with Gasteiger partial charge in [-0.15, -0.1) is 0 Å². The third-order valence-electron chi connectivity index (χ3n) is 4.10. The highest BCUT2D eigenvalue weighted by Gasteiger charge is 2.34. The molecular formula is C17H22FN3O2. The summed E-state index contributed by atoms with van der Waals surface area (Å²) in [5, 5.41) is 10.8. The molecule has 2 heterocycles. The average Bonchev–Trinajstić information content (AvgIpc) is 2.92. The minimum Gasteiger partial charge on any atom is -0.491 e. The number of ether oxygens (including phenoxy) is 1. The van der Waals surface area contributed by atoms with Crippen molar-refractivity contribution in [3.63, 3.8) is 0 Å². The SMILES string of the molecule is Cn1cnc(CN2CCC[C@@](O)(COc3ccc(F)cc3)C2)c1. The van der Waals surface area contributed by atoms with Gasteiger partial charge in [-0.05, 0) is 43.7 Å². The molecule has 0 aliphatic carbocycles. The number of aliphatic hydroxyl groups is 1. The maximum Gasteiger partial charge on any atom is 0.123 e. The largest absolute Gasteiger partial charge is 0.491 e. The van der Waals surface area contributed by atoms with Gasteiger partial charge in [-0.3, -0.25) is 4.90 Å². The lowest BCUT2D eigenvalue weighted by Gasteiger charge is -2.38. The van der Waals surface area contributed by atoms with Crippen LogP contribution in [0.1, 0.15) is 18.5 Å². The van der Waals surface area contributed by atoms with Crippen LogP contribution in [0.3, 0.4) is 0 Å². The number of benzene rings is 1. The molecule has 23 heavy (non-hydrogen) atoms. The first kappa shape index (κ1) is 16.0. The minimum absolute atomic E-state index is 0.206. The fraction of sp³-hybridized carbons (Fsp3) is 0.471. The minimum atomic E-state index is -0.887. The fourth-order valence-corrected chi connectivity index (χ4v) is 2.99. The van der Waals surface area contributed by atoms with Gasteiger partial charge in [-0.2, -0.15) is 0 Å². The number of aryl methyl sites for hydroxylation is 1. The smallest absolute Gasteiger partial charge is 0.123 e. The van der Waals surface area contributed by atoms with Crippen LogP contribution in [0.2, 0.25) is 0 Å². The first-order valence-electron chi connectivity index (χ1n) is 7.82. The van der Waals surface area contributed by atoms with E-state index in [9.17, 15) is 9.50 Å². The van der Waals surface area contributed by atoms with E-state index in [2.05, 4.69) is 9.88 Å². The summed E-state index contributed by atoms with van der Waals surface area (Å²) in [6.45, 7) is 2.41. The number of imidazole rings is 1. The highest BCUT2D eigenvalue weighted by atomic mass is 19.1. The molecule has 1 atom stereocenters. The molecule has 1 aromatic carbocycles. The van der Waals surface area contributed by atoms with Crippen molar-refractivity contribution in [2.45, 2.75) is 25.0 Å². The van der Waals surface area contributed by atoms with E-state index in [-0.39, 0.29) is 12.4 Å². The van der Waals surface area contributed by atoms with Crippen molar-refractivity contribution < 1.29 is 14.2 Å². The zero-order chi connectivity index (χ0) is 16.3. The maximum atomic E-state index is 12.9. The summed E-state index contributed by atoms with van der Waals surface area (Å²) < 4.78 is 20.5. The Morgan fingerprint density at radius 1 is 1.35 bits per heavy atom. The molecule has 0 bridgehead atoms. The van der Waals surface area contributed by atoms with E-state index in [1.54, 1.807) is 18.5 Å². The van der Waals surface area contributed by atoms with E-state index in [1.165, 1.54) is 12.1 Å². The quantitative estimate of drug-likeness (QED) is 0.915. The molecule has 0 saturated carbocycles. The first-order valence-corrected chi connectivity index (χ1v) is 7.82. The van der Waals surface area contributed by atoms with Crippen molar-refractivity contribution in [2.75, 3.05) is 19.7 Å². The molecule has 1 aliphatic rings. The molecule has 6 heteroatoms. The van der Waals surface area contributed by atoms with Gasteiger partial charge in [0.15, 0.2) is 0 Å². The fourth-order valence-electron chi connectivity index (χ4n) is 2.99. The molecule has 0 unspecified atom stereocenters. The number of piperidine rings is 1. The molecule has 0 spiro atoms. The summed E-state index contributed by atoms with van der Waals surface area (Å²) in [5.41, 5.74) is 0.109. The number of hydrogen-bond donors (Lipinski definition) is 1. The van der Waals surface area contributed by atoms with Crippen molar-refractivity contribution in [1.82, 2.24) is 14.5 Å². The zero-order valence-electron chi connectivity index (χ0n) is 13.3. The van der Waals surface area contributed by atoms with Crippen LogP contribution in [0.25, 0.3) is 0 Å². The number of rotatable bonds is 5. The zero-order valence-corrected chi connectivity index (χ0v) is 13.3. The lowest BCUT2D eigenvalue weighted by molar-refractivity contribution is -0.0623. The normalized spacial score (nSPS) is 22.2. The molecule has 0 radical (unpaired) electrons. The average molecular weight is 319 g/mol. The maximum absolute atomic E-state index is 12.9. The first-order chi connectivity index (χ1) is 11.0. The molecule has 1 saturated heterocycles. The summed E-state index contributed by atoms with van der Waals surface area (Å²) in [6.07, 6.45) is 5.38. The monoisotopic (exact) mass is 319 g/mol. The second-order valence-corrected chi connectivity index (χ2v) is 6.31. The molecule has 1 N–H and O–H groups in total. The second kappa shape index (κ2) is 6.68. The van der Waals surface area contributed by atoms with Crippen molar-refractivity contribution >= 4 is 0 Å². The Morgan fingerprint density at radius 2 is 2.13 bits per heavy atom. The molecule has 5 nitrogen and oxygen atoms in total. The molecule has 1 aliphatic heterocycles. The van der Waals surface area contributed by atoms with Crippen molar-refractivity contribution in [3.8, 4) is 5.75 Å². The van der Waals surface area contributed by atoms with Crippen molar-refractivity contribution in [2.24, 2.45) is 7.05 Å². The Morgan fingerprint density at radius 3 is 2.83 bits per heavy atom. The van der Waals surface area contributed by atoms with Gasteiger partial charge >= 0.3 is 0 Å². The van der Waals surface area contributed by atoms with Crippen LogP contribution in [0.15, 0.2) is 36.8 Å². The van der Waals surface area contributed by atoms with Gasteiger partial charge in [-0.1, -0.05) is 0 Å². The Labute approximate surface area is 135 Å². The summed E-state index contributed by atoms with van der Waals surface area (Å²) in [4.78, 5) is 6.53. The molecule has 3 rings (SSSR count). The van der Waals surface area contributed by atoms with Crippen LogP contribution in [-0.4, -0.2) is 44.9 Å². The Hall–Kier alpha value is -1.92. The molecule has 1 aromatic heterocycles. The van der Waals surface area contributed by atoms with Gasteiger partial charge in [0.1, 0.15) is 23.8 Å². The molecule has 2 aromatic rings. The van der Waals surface area contributed by atoms with E-state index in [0.717, 1.165) is 25.2 Å². The summed E-state index contributed by atoms with van der Waals surface area (Å²) in [7, 11) is 1.94. The van der Waals surface area contributed by atoms with Gasteiger partial charge in [0.05, 0.1) is 12.0 Å². The number of hydrogen-bond acceptors (Lipinski definition) is 4. The topological polar surface area (TPSA) is 50.5 Å². The number of nitrogens with zero attached hydrogens (tertiary/aromatic N) is 3. The lowest BCUT2D eigenvalue weighted by Crippen LogP contribution is -2.51. The van der Waals surface area contributed by atoms with Crippen LogP contribution in [-0.2, 0) is 13.6 Å². The van der Waals surface area contributed by atoms with E-state index < -0.39 is 5.60 Å². The lowest BCUT2D eigenvalue weighted by atomic mass is 9.93. The van der Waals surface area contributed by atoms with Crippen LogP contribution < -0.4 is 4.74 Å². The number of aromatic nitrogens is 2. The van der Waals surface area contributed by atoms with Crippen LogP contribution >= 0.6 is 0 Å². The predicted molar refractivity (Wildman–Crippen MR) is 84.6 cm³/mol. The third-order valence-corrected chi connectivity index (χ3v) is 4.10. The number of likely N-dealkylation sites (tertiary alicyclic amines) is 1. The molecule has 1 fully saturated rings. The van der Waals surface area contributed by atoms with Gasteiger partial charge < -0.3 is 14.4 Å². The van der Waals surface area contributed by atoms with Crippen LogP contribution in [0.5, 0.6) is 5.75 Å². The molecule has 124 valence electrons. The van der Waals surface area contributed by atoms with Gasteiger partial charge in [0.2, 0.25) is 0 Å². The summed E-state index contributed by atoms with van der Waals surface area (Å²) in [5.74, 6) is 0.275. The third kappa shape index (κ3) is 4.30. The van der Waals surface area contributed by atoms with E-state index in [1.807, 2.05) is 17.8 Å². The van der Waals surface area contributed by atoms with Gasteiger partial charge in [-0.25, -0.2) is 9.37 Å². The van der Waals surface area contributed by atoms with Crippen LogP contribution in [0, 0.1) is 5.82 Å². The Kier molecular flexibility index (Phi) is 4.63. The Balaban J connectivity index is 1.56. The summed E-state index contributed by atoms with van der Waals surface area (Å²) in [6, 6.07) is 5.86. The standard InChI is InChI=1S/C17H22FN3O2/c1-20-9-15(19-13-20)10-21-8-2-7-17(22,11-21)12-23-16-5-3-14(18)4-6-16/h3-6,9,13,22H,2,7-8,10-12H2,1H3/t17-/m0/s1. The predicted octanol–water partition coefficient (Wildman–Crippen LogP) is 1.97. The second-order valence-electron chi connectivity index (χ2n) is 6.31. The van der Waals surface area contributed by atoms with Crippen molar-refractivity contribution in [3.05, 3.63) is 48.3 Å². The Bertz CT molecular complexity index is 644. The van der Waals surface area contributed by atoms with Crippen LogP contribution in [0.4, 0.5) is 4.39 Å². The molecular weight excluding hydrogens is 297 g/mol. The highest BCUT2D eigenvalue weighted by Crippen LogP contribution is 2.24. The van der Waals surface area contributed by atoms with Gasteiger partial charge in [0.25, 0.3) is 0 Å². The summed E-state index contributed by atoms with van der Waals surface area (Å²) >= 11 is 0. The van der Waals surface area contributed by atoms with Gasteiger partial charge in [0, 0.05) is 26.3 Å². The van der Waals surface area contributed by atoms with Crippen molar-refractivity contribution in [1.29, 1.82) is 0 Å². The van der Waals surface area contributed by atoms with E-state index in [4.69, 9.17) is 4.74 Å².